The van der Waals surface area contributed by atoms with E-state index in [0.717, 1.165) is 36.3 Å². The first kappa shape index (κ1) is 21.9. The average molecular weight is 459 g/mol. The standard InChI is InChI=1S/C24H24F3N3O3/c1-32-20-10-6-16(7-11-20)23(31)12-18-8-9-19(13-23)30(18)14-21-28-22(29-33-21)15-2-4-17(5-3-15)24(25,26)27/h2-7,10-11,18-19,31H,8-9,12-14H2,1H3/t18-,19-/m0/s1. The first-order valence-electron chi connectivity index (χ1n) is 10.9. The number of ether oxygens (including phenoxy) is 1. The highest BCUT2D eigenvalue weighted by Gasteiger charge is 2.48. The fraction of sp³-hybridized carbons (Fsp3) is 0.417. The first-order valence-corrected chi connectivity index (χ1v) is 10.9. The van der Waals surface area contributed by atoms with Crippen LogP contribution in [-0.2, 0) is 18.3 Å². The Bertz CT molecular complexity index is 1100. The van der Waals surface area contributed by atoms with E-state index in [2.05, 4.69) is 15.0 Å². The summed E-state index contributed by atoms with van der Waals surface area (Å²) in [6.07, 6.45) is -1.22. The van der Waals surface area contributed by atoms with Gasteiger partial charge in [-0.05, 0) is 55.5 Å². The lowest BCUT2D eigenvalue weighted by Crippen LogP contribution is -2.49. The smallest absolute Gasteiger partial charge is 0.416 e. The number of halogens is 3. The van der Waals surface area contributed by atoms with E-state index in [0.29, 0.717) is 30.8 Å². The van der Waals surface area contributed by atoms with Crippen molar-refractivity contribution in [3.63, 3.8) is 0 Å². The van der Waals surface area contributed by atoms with E-state index >= 15 is 0 Å². The number of alkyl halides is 3. The number of aliphatic hydroxyl groups is 1. The molecule has 2 bridgehead atoms. The Labute approximate surface area is 189 Å². The highest BCUT2D eigenvalue weighted by molar-refractivity contribution is 5.54. The van der Waals surface area contributed by atoms with Gasteiger partial charge in [0.25, 0.3) is 0 Å². The van der Waals surface area contributed by atoms with E-state index in [4.69, 9.17) is 9.26 Å². The molecule has 174 valence electrons. The van der Waals surface area contributed by atoms with Gasteiger partial charge in [-0.25, -0.2) is 0 Å². The van der Waals surface area contributed by atoms with Crippen LogP contribution in [0.2, 0.25) is 0 Å². The van der Waals surface area contributed by atoms with Gasteiger partial charge in [0, 0.05) is 17.6 Å². The molecule has 0 radical (unpaired) electrons. The number of fused-ring (bicyclic) bond motifs is 2. The number of aromatic nitrogens is 2. The molecule has 2 saturated heterocycles. The highest BCUT2D eigenvalue weighted by Crippen LogP contribution is 2.46. The molecule has 2 atom stereocenters. The molecule has 2 aliphatic rings. The molecule has 0 unspecified atom stereocenters. The number of hydrogen-bond acceptors (Lipinski definition) is 6. The minimum atomic E-state index is -4.39. The molecular weight excluding hydrogens is 435 g/mol. The molecule has 0 saturated carbocycles. The van der Waals surface area contributed by atoms with Crippen molar-refractivity contribution in [1.29, 1.82) is 0 Å². The van der Waals surface area contributed by atoms with E-state index in [9.17, 15) is 18.3 Å². The van der Waals surface area contributed by atoms with Gasteiger partial charge < -0.3 is 14.4 Å². The Kier molecular flexibility index (Phi) is 5.41. The Balaban J connectivity index is 1.28. The molecule has 6 nitrogen and oxygen atoms in total. The third-order valence-electron chi connectivity index (χ3n) is 6.80. The third kappa shape index (κ3) is 4.22. The molecule has 3 aromatic rings. The molecule has 5 rings (SSSR count). The second-order valence-electron chi connectivity index (χ2n) is 8.81. The van der Waals surface area contributed by atoms with Crippen molar-refractivity contribution >= 4 is 0 Å². The van der Waals surface area contributed by atoms with E-state index in [1.807, 2.05) is 24.3 Å². The van der Waals surface area contributed by atoms with Crippen LogP contribution in [0, 0.1) is 0 Å². The Morgan fingerprint density at radius 1 is 1.06 bits per heavy atom. The highest BCUT2D eigenvalue weighted by atomic mass is 19.4. The largest absolute Gasteiger partial charge is 0.497 e. The van der Waals surface area contributed by atoms with Crippen LogP contribution in [0.4, 0.5) is 13.2 Å². The van der Waals surface area contributed by atoms with Gasteiger partial charge in [0.1, 0.15) is 5.75 Å². The van der Waals surface area contributed by atoms with E-state index in [1.165, 1.54) is 12.1 Å². The first-order chi connectivity index (χ1) is 15.7. The number of nitrogens with zero attached hydrogens (tertiary/aromatic N) is 3. The summed E-state index contributed by atoms with van der Waals surface area (Å²) in [7, 11) is 1.61. The van der Waals surface area contributed by atoms with Crippen molar-refractivity contribution in [3.8, 4) is 17.1 Å². The quantitative estimate of drug-likeness (QED) is 0.592. The predicted octanol–water partition coefficient (Wildman–Crippen LogP) is 4.78. The lowest BCUT2D eigenvalue weighted by molar-refractivity contribution is -0.137. The summed E-state index contributed by atoms with van der Waals surface area (Å²) >= 11 is 0. The number of hydrogen-bond donors (Lipinski definition) is 1. The van der Waals surface area contributed by atoms with Crippen LogP contribution in [0.25, 0.3) is 11.4 Å². The summed E-state index contributed by atoms with van der Waals surface area (Å²) in [5, 5.41) is 15.4. The normalized spacial score (nSPS) is 25.4. The molecule has 1 aromatic heterocycles. The van der Waals surface area contributed by atoms with Crippen molar-refractivity contribution < 1.29 is 27.5 Å². The Hall–Kier alpha value is -2.91. The summed E-state index contributed by atoms with van der Waals surface area (Å²) in [6.45, 7) is 0.446. The van der Waals surface area contributed by atoms with Crippen LogP contribution < -0.4 is 4.74 Å². The topological polar surface area (TPSA) is 71.6 Å². The Morgan fingerprint density at radius 2 is 1.70 bits per heavy atom. The molecule has 33 heavy (non-hydrogen) atoms. The minimum Gasteiger partial charge on any atom is -0.497 e. The second kappa shape index (κ2) is 8.14. The molecule has 3 heterocycles. The fourth-order valence-corrected chi connectivity index (χ4v) is 5.11. The van der Waals surface area contributed by atoms with Crippen molar-refractivity contribution in [2.45, 2.75) is 56.1 Å². The van der Waals surface area contributed by atoms with E-state index in [1.54, 1.807) is 7.11 Å². The summed E-state index contributed by atoms with van der Waals surface area (Å²) in [6, 6.07) is 12.6. The summed E-state index contributed by atoms with van der Waals surface area (Å²) < 4.78 is 49.0. The van der Waals surface area contributed by atoms with Gasteiger partial charge in [-0.3, -0.25) is 4.90 Å². The maximum absolute atomic E-state index is 12.8. The van der Waals surface area contributed by atoms with Crippen molar-refractivity contribution in [2.75, 3.05) is 7.11 Å². The summed E-state index contributed by atoms with van der Waals surface area (Å²) in [4.78, 5) is 6.69. The van der Waals surface area contributed by atoms with Crippen molar-refractivity contribution in [1.82, 2.24) is 15.0 Å². The maximum Gasteiger partial charge on any atom is 0.416 e. The van der Waals surface area contributed by atoms with Crippen molar-refractivity contribution in [2.24, 2.45) is 0 Å². The zero-order chi connectivity index (χ0) is 23.2. The molecule has 9 heteroatoms. The van der Waals surface area contributed by atoms with Crippen molar-refractivity contribution in [3.05, 3.63) is 65.5 Å². The van der Waals surface area contributed by atoms with Gasteiger partial charge in [-0.2, -0.15) is 18.2 Å². The molecule has 0 spiro atoms. The lowest BCUT2D eigenvalue weighted by atomic mass is 9.80. The van der Waals surface area contributed by atoms with Crippen LogP contribution in [-0.4, -0.2) is 39.3 Å². The average Bonchev–Trinajstić information content (AvgIpc) is 3.36. The van der Waals surface area contributed by atoms with Gasteiger partial charge in [0.05, 0.1) is 24.8 Å². The van der Waals surface area contributed by atoms with E-state index < -0.39 is 17.3 Å². The molecule has 2 aliphatic heterocycles. The third-order valence-corrected chi connectivity index (χ3v) is 6.80. The van der Waals surface area contributed by atoms with E-state index in [-0.39, 0.29) is 17.9 Å². The fourth-order valence-electron chi connectivity index (χ4n) is 5.11. The molecule has 2 fully saturated rings. The lowest BCUT2D eigenvalue weighted by Gasteiger charge is -2.43. The SMILES string of the molecule is COc1ccc(C2(O)C[C@@H]3CC[C@@H](C2)N3Cc2nc(-c3ccc(C(F)(F)F)cc3)no2)cc1. The predicted molar refractivity (Wildman–Crippen MR) is 113 cm³/mol. The number of rotatable bonds is 5. The van der Waals surface area contributed by atoms with Gasteiger partial charge >= 0.3 is 6.18 Å². The van der Waals surface area contributed by atoms with Crippen LogP contribution >= 0.6 is 0 Å². The van der Waals surface area contributed by atoms with Crippen LogP contribution in [0.5, 0.6) is 5.75 Å². The number of methoxy groups -OCH3 is 1. The second-order valence-corrected chi connectivity index (χ2v) is 8.81. The van der Waals surface area contributed by atoms with Crippen LogP contribution in [0.3, 0.4) is 0 Å². The summed E-state index contributed by atoms with van der Waals surface area (Å²) in [5.41, 5.74) is -0.255. The minimum absolute atomic E-state index is 0.178. The monoisotopic (exact) mass is 459 g/mol. The van der Waals surface area contributed by atoms with Crippen LogP contribution in [0.1, 0.15) is 42.7 Å². The van der Waals surface area contributed by atoms with Crippen LogP contribution in [0.15, 0.2) is 53.1 Å². The molecule has 2 aromatic carbocycles. The summed E-state index contributed by atoms with van der Waals surface area (Å²) in [5.74, 6) is 1.43. The molecular formula is C24H24F3N3O3. The van der Waals surface area contributed by atoms with Gasteiger partial charge in [-0.1, -0.05) is 29.4 Å². The molecule has 0 aliphatic carbocycles. The molecule has 0 amide bonds. The Morgan fingerprint density at radius 3 is 2.27 bits per heavy atom. The van der Waals surface area contributed by atoms with Gasteiger partial charge in [0.2, 0.25) is 11.7 Å². The number of benzene rings is 2. The number of piperidine rings is 1. The molecule has 1 N–H and O–H groups in total. The van der Waals surface area contributed by atoms with Gasteiger partial charge in [0.15, 0.2) is 0 Å². The zero-order valence-corrected chi connectivity index (χ0v) is 18.0. The maximum atomic E-state index is 12.8. The van der Waals surface area contributed by atoms with Gasteiger partial charge in [-0.15, -0.1) is 0 Å². The zero-order valence-electron chi connectivity index (χ0n) is 18.0.